The largest absolute Gasteiger partial charge is 0.444 e. The van der Waals surface area contributed by atoms with E-state index in [4.69, 9.17) is 4.74 Å². The number of nitrogens with one attached hydrogen (secondary N) is 1. The van der Waals surface area contributed by atoms with Crippen molar-refractivity contribution in [1.29, 1.82) is 0 Å². The molecule has 2 saturated heterocycles. The summed E-state index contributed by atoms with van der Waals surface area (Å²) in [7, 11) is 0. The first-order valence-electron chi connectivity index (χ1n) is 6.52. The van der Waals surface area contributed by atoms with Crippen LogP contribution in [0.1, 0.15) is 34.1 Å². The number of ether oxygens (including phenoxy) is 1. The summed E-state index contributed by atoms with van der Waals surface area (Å²) >= 11 is 0. The van der Waals surface area contributed by atoms with Crippen LogP contribution in [-0.4, -0.2) is 53.5 Å². The van der Waals surface area contributed by atoms with Gasteiger partial charge in [0.25, 0.3) is 0 Å². The second kappa shape index (κ2) is 4.10. The number of amides is 1. The van der Waals surface area contributed by atoms with Gasteiger partial charge < -0.3 is 20.1 Å². The predicted molar refractivity (Wildman–Crippen MR) is 68.4 cm³/mol. The first-order chi connectivity index (χ1) is 8.11. The summed E-state index contributed by atoms with van der Waals surface area (Å²) in [5.74, 6) is 0. The number of likely N-dealkylation sites (tertiary alicyclic amines) is 1. The van der Waals surface area contributed by atoms with Gasteiger partial charge in [-0.15, -0.1) is 0 Å². The molecule has 2 fully saturated rings. The quantitative estimate of drug-likeness (QED) is 0.678. The van der Waals surface area contributed by atoms with Crippen LogP contribution in [0, 0.1) is 5.41 Å². The van der Waals surface area contributed by atoms with Crippen molar-refractivity contribution in [1.82, 2.24) is 10.2 Å². The number of fused-ring (bicyclic) bond motifs is 2. The number of carbonyl (C=O) groups excluding carboxylic acids is 1. The van der Waals surface area contributed by atoms with Crippen molar-refractivity contribution in [3.63, 3.8) is 0 Å². The van der Waals surface area contributed by atoms with Crippen LogP contribution >= 0.6 is 0 Å². The highest BCUT2D eigenvalue weighted by atomic mass is 16.6. The summed E-state index contributed by atoms with van der Waals surface area (Å²) in [6.07, 6.45) is 0.417. The normalized spacial score (nSPS) is 36.4. The van der Waals surface area contributed by atoms with Gasteiger partial charge in [0.1, 0.15) is 5.60 Å². The molecule has 2 bridgehead atoms. The number of rotatable bonds is 0. The van der Waals surface area contributed by atoms with Gasteiger partial charge in [-0.05, 0) is 27.2 Å². The molecular formula is C13H24N2O3. The maximum absolute atomic E-state index is 12.1. The number of hydrogen-bond donors (Lipinski definition) is 2. The zero-order valence-electron chi connectivity index (χ0n) is 11.7. The molecule has 2 rings (SSSR count). The van der Waals surface area contributed by atoms with Crippen LogP contribution in [0.15, 0.2) is 0 Å². The molecule has 2 aliphatic heterocycles. The van der Waals surface area contributed by atoms with Crippen molar-refractivity contribution in [3.8, 4) is 0 Å². The van der Waals surface area contributed by atoms with Gasteiger partial charge in [0.15, 0.2) is 0 Å². The van der Waals surface area contributed by atoms with Gasteiger partial charge in [-0.3, -0.25) is 0 Å². The molecule has 0 unspecified atom stereocenters. The average Bonchev–Trinajstić information content (AvgIpc) is 2.11. The maximum Gasteiger partial charge on any atom is 0.410 e. The molecule has 5 heteroatoms. The third-order valence-corrected chi connectivity index (χ3v) is 3.47. The van der Waals surface area contributed by atoms with E-state index in [-0.39, 0.29) is 11.5 Å². The monoisotopic (exact) mass is 256 g/mol. The SMILES string of the molecule is CC(C)(C)OC(=O)N1C[C@@]2(C)CNC[C@@](O)(C1)C2. The van der Waals surface area contributed by atoms with Crippen LogP contribution in [0.2, 0.25) is 0 Å². The van der Waals surface area contributed by atoms with Gasteiger partial charge in [0, 0.05) is 25.0 Å². The minimum Gasteiger partial charge on any atom is -0.444 e. The second-order valence-corrected chi connectivity index (χ2v) is 7.15. The molecule has 18 heavy (non-hydrogen) atoms. The molecule has 2 atom stereocenters. The molecule has 0 radical (unpaired) electrons. The fourth-order valence-corrected chi connectivity index (χ4v) is 3.07. The van der Waals surface area contributed by atoms with Crippen LogP contribution < -0.4 is 5.32 Å². The molecule has 2 N–H and O–H groups in total. The van der Waals surface area contributed by atoms with Gasteiger partial charge >= 0.3 is 6.09 Å². The van der Waals surface area contributed by atoms with Crippen LogP contribution in [0.5, 0.6) is 0 Å². The van der Waals surface area contributed by atoms with E-state index in [0.717, 1.165) is 13.0 Å². The van der Waals surface area contributed by atoms with E-state index in [2.05, 4.69) is 12.2 Å². The van der Waals surface area contributed by atoms with Crippen molar-refractivity contribution in [2.24, 2.45) is 5.41 Å². The standard InChI is InChI=1S/C13H24N2O3/c1-11(2,3)18-10(16)15-8-12(4)5-13(17,9-15)7-14-6-12/h14,17H,5-9H2,1-4H3/t12-,13-/m1/s1. The van der Waals surface area contributed by atoms with Crippen molar-refractivity contribution < 1.29 is 14.6 Å². The molecule has 0 aromatic carbocycles. The minimum absolute atomic E-state index is 0.0673. The summed E-state index contributed by atoms with van der Waals surface area (Å²) in [4.78, 5) is 13.7. The van der Waals surface area contributed by atoms with Crippen molar-refractivity contribution >= 4 is 6.09 Å². The molecule has 0 aliphatic carbocycles. The van der Waals surface area contributed by atoms with E-state index < -0.39 is 11.2 Å². The summed E-state index contributed by atoms with van der Waals surface area (Å²) in [6.45, 7) is 10.0. The van der Waals surface area contributed by atoms with E-state index in [0.29, 0.717) is 19.6 Å². The van der Waals surface area contributed by atoms with Gasteiger partial charge in [0.05, 0.1) is 12.1 Å². The van der Waals surface area contributed by atoms with Gasteiger partial charge in [-0.25, -0.2) is 4.79 Å². The number of β-amino-alcohol motifs (C(OH)–C–C–N with tert-alkyl or cyclic N) is 1. The Hall–Kier alpha value is -0.810. The average molecular weight is 256 g/mol. The van der Waals surface area contributed by atoms with Gasteiger partial charge in [0.2, 0.25) is 0 Å². The molecular weight excluding hydrogens is 232 g/mol. The van der Waals surface area contributed by atoms with Crippen molar-refractivity contribution in [2.45, 2.75) is 45.3 Å². The first-order valence-corrected chi connectivity index (χ1v) is 6.52. The lowest BCUT2D eigenvalue weighted by molar-refractivity contribution is -0.101. The smallest absolute Gasteiger partial charge is 0.410 e. The summed E-state index contributed by atoms with van der Waals surface area (Å²) in [6, 6.07) is 0. The van der Waals surface area contributed by atoms with Crippen LogP contribution in [0.4, 0.5) is 4.79 Å². The van der Waals surface area contributed by atoms with E-state index in [9.17, 15) is 9.90 Å². The molecule has 1 amide bonds. The highest BCUT2D eigenvalue weighted by molar-refractivity contribution is 5.68. The third kappa shape index (κ3) is 2.95. The number of piperidine rings is 2. The molecule has 0 saturated carbocycles. The van der Waals surface area contributed by atoms with E-state index in [1.165, 1.54) is 0 Å². The highest BCUT2D eigenvalue weighted by Gasteiger charge is 2.49. The van der Waals surface area contributed by atoms with E-state index in [1.807, 2.05) is 20.8 Å². The Labute approximate surface area is 108 Å². The van der Waals surface area contributed by atoms with Crippen LogP contribution in [0.25, 0.3) is 0 Å². The zero-order chi connectivity index (χ0) is 13.6. The molecule has 2 aliphatic rings. The molecule has 0 spiro atoms. The second-order valence-electron chi connectivity index (χ2n) is 7.15. The van der Waals surface area contributed by atoms with E-state index >= 15 is 0 Å². The Morgan fingerprint density at radius 2 is 2.00 bits per heavy atom. The third-order valence-electron chi connectivity index (χ3n) is 3.47. The highest BCUT2D eigenvalue weighted by Crippen LogP contribution is 2.37. The lowest BCUT2D eigenvalue weighted by Crippen LogP contribution is -2.66. The Morgan fingerprint density at radius 1 is 1.33 bits per heavy atom. The number of nitrogens with zero attached hydrogens (tertiary/aromatic N) is 1. The van der Waals surface area contributed by atoms with E-state index in [1.54, 1.807) is 4.90 Å². The Kier molecular flexibility index (Phi) is 3.10. The lowest BCUT2D eigenvalue weighted by Gasteiger charge is -2.52. The first kappa shape index (κ1) is 13.6. The van der Waals surface area contributed by atoms with Crippen molar-refractivity contribution in [3.05, 3.63) is 0 Å². The topological polar surface area (TPSA) is 61.8 Å². The summed E-state index contributed by atoms with van der Waals surface area (Å²) in [5, 5.41) is 13.7. The Balaban J connectivity index is 2.09. The number of aliphatic hydroxyl groups is 1. The van der Waals surface area contributed by atoms with Gasteiger partial charge in [-0.1, -0.05) is 6.92 Å². The molecule has 0 aromatic rings. The van der Waals surface area contributed by atoms with Crippen LogP contribution in [0.3, 0.4) is 0 Å². The number of hydrogen-bond acceptors (Lipinski definition) is 4. The minimum atomic E-state index is -0.817. The molecule has 5 nitrogen and oxygen atoms in total. The molecule has 0 aromatic heterocycles. The lowest BCUT2D eigenvalue weighted by atomic mass is 9.72. The zero-order valence-corrected chi connectivity index (χ0v) is 11.7. The molecule has 2 heterocycles. The fourth-order valence-electron chi connectivity index (χ4n) is 3.07. The molecule has 104 valence electrons. The maximum atomic E-state index is 12.1. The Morgan fingerprint density at radius 3 is 2.56 bits per heavy atom. The van der Waals surface area contributed by atoms with Gasteiger partial charge in [-0.2, -0.15) is 0 Å². The Bertz CT molecular complexity index is 335. The fraction of sp³-hybridized carbons (Fsp3) is 0.923. The summed E-state index contributed by atoms with van der Waals surface area (Å²) < 4.78 is 5.39. The van der Waals surface area contributed by atoms with Crippen LogP contribution in [-0.2, 0) is 4.74 Å². The number of carbonyl (C=O) groups is 1. The van der Waals surface area contributed by atoms with Crippen molar-refractivity contribution in [2.75, 3.05) is 26.2 Å². The summed E-state index contributed by atoms with van der Waals surface area (Å²) in [5.41, 5.74) is -1.38. The predicted octanol–water partition coefficient (Wildman–Crippen LogP) is 0.968.